The van der Waals surface area contributed by atoms with E-state index in [2.05, 4.69) is 5.32 Å². The van der Waals surface area contributed by atoms with Crippen molar-refractivity contribution >= 4 is 26.9 Å². The predicted octanol–water partition coefficient (Wildman–Crippen LogP) is 1.74. The number of para-hydroxylation sites is 1. The molecule has 2 aromatic carbocycles. The number of carbonyl (C=O) groups is 1. The van der Waals surface area contributed by atoms with E-state index in [4.69, 9.17) is 9.15 Å². The number of benzene rings is 2. The number of carbonyl (C=O) groups excluding carboxylic acids is 1. The van der Waals surface area contributed by atoms with Crippen LogP contribution in [-0.4, -0.2) is 44.9 Å². The third kappa shape index (κ3) is 4.00. The monoisotopic (exact) mass is 428 g/mol. The summed E-state index contributed by atoms with van der Waals surface area (Å²) >= 11 is 0. The third-order valence-corrected chi connectivity index (χ3v) is 6.88. The molecule has 0 bridgehead atoms. The number of nitrogens with one attached hydrogen (secondary N) is 1. The molecule has 9 heteroatoms. The number of nitrogens with zero attached hydrogens (tertiary/aromatic N) is 1. The van der Waals surface area contributed by atoms with Crippen LogP contribution in [-0.2, 0) is 21.3 Å². The molecule has 1 aliphatic heterocycles. The van der Waals surface area contributed by atoms with Crippen molar-refractivity contribution in [2.75, 3.05) is 26.3 Å². The number of sulfonamides is 1. The Labute approximate surface area is 173 Å². The lowest BCUT2D eigenvalue weighted by atomic mass is 10.1. The summed E-state index contributed by atoms with van der Waals surface area (Å²) in [4.78, 5) is 24.9. The van der Waals surface area contributed by atoms with E-state index in [0.29, 0.717) is 29.7 Å². The summed E-state index contributed by atoms with van der Waals surface area (Å²) in [6.45, 7) is 1.19. The standard InChI is InChI=1S/C21H20N2O6S/c24-20(17-13-15-5-1-3-7-18(15)29-21(17)25)22-14-16-6-2-4-8-19(16)30(26,27)23-9-11-28-12-10-23/h1-8,13H,9-12,14H2,(H,22,24). The molecule has 0 radical (unpaired) electrons. The van der Waals surface area contributed by atoms with Gasteiger partial charge in [-0.3, -0.25) is 4.79 Å². The van der Waals surface area contributed by atoms with Crippen LogP contribution in [0, 0.1) is 0 Å². The second-order valence-corrected chi connectivity index (χ2v) is 8.70. The van der Waals surface area contributed by atoms with Crippen LogP contribution >= 0.6 is 0 Å². The average Bonchev–Trinajstić information content (AvgIpc) is 2.77. The summed E-state index contributed by atoms with van der Waals surface area (Å²) in [5.41, 5.74) is -0.0637. The molecule has 8 nitrogen and oxygen atoms in total. The van der Waals surface area contributed by atoms with E-state index in [1.807, 2.05) is 0 Å². The smallest absolute Gasteiger partial charge is 0.349 e. The summed E-state index contributed by atoms with van der Waals surface area (Å²) in [5, 5.41) is 3.25. The summed E-state index contributed by atoms with van der Waals surface area (Å²) < 4.78 is 37.8. The molecule has 0 aliphatic carbocycles. The molecule has 2 heterocycles. The van der Waals surface area contributed by atoms with Crippen molar-refractivity contribution in [2.45, 2.75) is 11.4 Å². The first-order valence-corrected chi connectivity index (χ1v) is 10.9. The van der Waals surface area contributed by atoms with Gasteiger partial charge in [-0.25, -0.2) is 13.2 Å². The molecule has 0 unspecified atom stereocenters. The SMILES string of the molecule is O=C(NCc1ccccc1S(=O)(=O)N1CCOCC1)c1cc2ccccc2oc1=O. The highest BCUT2D eigenvalue weighted by atomic mass is 32.2. The molecule has 1 amide bonds. The normalized spacial score (nSPS) is 15.2. The maximum atomic E-state index is 13.0. The molecule has 1 aliphatic rings. The lowest BCUT2D eigenvalue weighted by Crippen LogP contribution is -2.41. The van der Waals surface area contributed by atoms with Crippen LogP contribution in [0.1, 0.15) is 15.9 Å². The van der Waals surface area contributed by atoms with Gasteiger partial charge in [0.25, 0.3) is 5.91 Å². The minimum absolute atomic E-state index is 0.0508. The van der Waals surface area contributed by atoms with E-state index >= 15 is 0 Å². The summed E-state index contributed by atoms with van der Waals surface area (Å²) in [6.07, 6.45) is 0. The molecule has 1 fully saturated rings. The van der Waals surface area contributed by atoms with Crippen LogP contribution in [0.3, 0.4) is 0 Å². The molecule has 0 spiro atoms. The zero-order chi connectivity index (χ0) is 21.1. The summed E-state index contributed by atoms with van der Waals surface area (Å²) in [6, 6.07) is 14.8. The fourth-order valence-electron chi connectivity index (χ4n) is 3.32. The number of fused-ring (bicyclic) bond motifs is 1. The van der Waals surface area contributed by atoms with Gasteiger partial charge in [-0.05, 0) is 23.8 Å². The summed E-state index contributed by atoms with van der Waals surface area (Å²) in [7, 11) is -3.72. The lowest BCUT2D eigenvalue weighted by molar-refractivity contribution is 0.0730. The molecular weight excluding hydrogens is 408 g/mol. The van der Waals surface area contributed by atoms with Gasteiger partial charge in [0.05, 0.1) is 18.1 Å². The number of hydrogen-bond donors (Lipinski definition) is 1. The van der Waals surface area contributed by atoms with Gasteiger partial charge < -0.3 is 14.5 Å². The van der Waals surface area contributed by atoms with E-state index < -0.39 is 21.6 Å². The van der Waals surface area contributed by atoms with Gasteiger partial charge >= 0.3 is 5.63 Å². The van der Waals surface area contributed by atoms with Crippen LogP contribution < -0.4 is 10.9 Å². The molecule has 1 aromatic heterocycles. The highest BCUT2D eigenvalue weighted by Gasteiger charge is 2.28. The zero-order valence-corrected chi connectivity index (χ0v) is 16.9. The highest BCUT2D eigenvalue weighted by Crippen LogP contribution is 2.21. The van der Waals surface area contributed by atoms with Gasteiger partial charge in [-0.15, -0.1) is 0 Å². The Morgan fingerprint density at radius 2 is 1.73 bits per heavy atom. The van der Waals surface area contributed by atoms with Crippen molar-refractivity contribution in [3.8, 4) is 0 Å². The number of morpholine rings is 1. The molecule has 1 saturated heterocycles. The molecule has 4 rings (SSSR count). The minimum Gasteiger partial charge on any atom is -0.422 e. The third-order valence-electron chi connectivity index (χ3n) is 4.89. The van der Waals surface area contributed by atoms with E-state index in [1.165, 1.54) is 16.4 Å². The van der Waals surface area contributed by atoms with Gasteiger partial charge in [0, 0.05) is 25.0 Å². The zero-order valence-electron chi connectivity index (χ0n) is 16.0. The molecular formula is C21H20N2O6S. The Kier molecular flexibility index (Phi) is 5.67. The Morgan fingerprint density at radius 1 is 1.03 bits per heavy atom. The van der Waals surface area contributed by atoms with Crippen LogP contribution in [0.15, 0.2) is 68.7 Å². The van der Waals surface area contributed by atoms with Crippen molar-refractivity contribution in [3.05, 3.63) is 76.1 Å². The van der Waals surface area contributed by atoms with Gasteiger partial charge in [0.1, 0.15) is 11.1 Å². The first-order valence-electron chi connectivity index (χ1n) is 9.44. The fourth-order valence-corrected chi connectivity index (χ4v) is 4.95. The van der Waals surface area contributed by atoms with Crippen molar-refractivity contribution in [3.63, 3.8) is 0 Å². The Morgan fingerprint density at radius 3 is 2.53 bits per heavy atom. The van der Waals surface area contributed by atoms with Crippen LogP contribution in [0.4, 0.5) is 0 Å². The van der Waals surface area contributed by atoms with Crippen LogP contribution in [0.2, 0.25) is 0 Å². The van der Waals surface area contributed by atoms with Gasteiger partial charge in [-0.2, -0.15) is 4.31 Å². The first-order chi connectivity index (χ1) is 14.5. The molecule has 156 valence electrons. The lowest BCUT2D eigenvalue weighted by Gasteiger charge is -2.27. The topological polar surface area (TPSA) is 106 Å². The molecule has 0 saturated carbocycles. The van der Waals surface area contributed by atoms with Crippen molar-refractivity contribution in [1.29, 1.82) is 0 Å². The van der Waals surface area contributed by atoms with Crippen molar-refractivity contribution in [2.24, 2.45) is 0 Å². The van der Waals surface area contributed by atoms with Crippen molar-refractivity contribution < 1.29 is 22.4 Å². The Balaban J connectivity index is 1.57. The second kappa shape index (κ2) is 8.39. The van der Waals surface area contributed by atoms with Gasteiger partial charge in [0.2, 0.25) is 10.0 Å². The number of rotatable bonds is 5. The minimum atomic E-state index is -3.72. The number of hydrogen-bond acceptors (Lipinski definition) is 6. The van der Waals surface area contributed by atoms with Crippen molar-refractivity contribution in [1.82, 2.24) is 9.62 Å². The molecule has 1 N–H and O–H groups in total. The number of ether oxygens (including phenoxy) is 1. The highest BCUT2D eigenvalue weighted by molar-refractivity contribution is 7.89. The largest absolute Gasteiger partial charge is 0.422 e. The molecule has 0 atom stereocenters. The molecule has 3 aromatic rings. The predicted molar refractivity (Wildman–Crippen MR) is 110 cm³/mol. The quantitative estimate of drug-likeness (QED) is 0.621. The Hall–Kier alpha value is -3.01. The van der Waals surface area contributed by atoms with E-state index in [-0.39, 0.29) is 30.1 Å². The number of amides is 1. The maximum absolute atomic E-state index is 13.0. The average molecular weight is 428 g/mol. The molecule has 30 heavy (non-hydrogen) atoms. The fraction of sp³-hybridized carbons (Fsp3) is 0.238. The van der Waals surface area contributed by atoms with Gasteiger partial charge in [-0.1, -0.05) is 36.4 Å². The van der Waals surface area contributed by atoms with E-state index in [1.54, 1.807) is 42.5 Å². The maximum Gasteiger partial charge on any atom is 0.349 e. The Bertz CT molecular complexity index is 1250. The first kappa shape index (κ1) is 20.3. The summed E-state index contributed by atoms with van der Waals surface area (Å²) in [5.74, 6) is -0.631. The second-order valence-electron chi connectivity index (χ2n) is 6.79. The van der Waals surface area contributed by atoms with Crippen LogP contribution in [0.5, 0.6) is 0 Å². The van der Waals surface area contributed by atoms with E-state index in [9.17, 15) is 18.0 Å². The van der Waals surface area contributed by atoms with Gasteiger partial charge in [0.15, 0.2) is 0 Å². The van der Waals surface area contributed by atoms with E-state index in [0.717, 1.165) is 0 Å². The van der Waals surface area contributed by atoms with Crippen LogP contribution in [0.25, 0.3) is 11.0 Å².